The fraction of sp³-hybridized carbons (Fsp3) is 0.824. The summed E-state index contributed by atoms with van der Waals surface area (Å²) in [6.45, 7) is 10.1. The molecule has 0 saturated heterocycles. The van der Waals surface area contributed by atoms with E-state index in [0.29, 0.717) is 6.61 Å². The number of hydrogen-bond donors (Lipinski definition) is 0. The van der Waals surface area contributed by atoms with E-state index >= 15 is 0 Å². The van der Waals surface area contributed by atoms with Gasteiger partial charge in [-0.25, -0.2) is 4.79 Å². The minimum atomic E-state index is -1.49. The average molecular weight is 315 g/mol. The number of rotatable bonds is 13. The van der Waals surface area contributed by atoms with Crippen LogP contribution in [-0.2, 0) is 14.0 Å². The predicted octanol–water partition coefficient (Wildman–Crippen LogP) is 5.08. The van der Waals surface area contributed by atoms with Gasteiger partial charge in [0.15, 0.2) is 8.32 Å². The molecular weight excluding hydrogens is 280 g/mol. The molecule has 0 unspecified atom stereocenters. The van der Waals surface area contributed by atoms with Crippen molar-refractivity contribution in [3.8, 4) is 0 Å². The first-order chi connectivity index (χ1) is 10.1. The van der Waals surface area contributed by atoms with Gasteiger partial charge in [0.1, 0.15) is 0 Å². The van der Waals surface area contributed by atoms with E-state index < -0.39 is 8.32 Å². The number of allylic oxidation sites excluding steroid dienone is 1. The highest BCUT2D eigenvalue weighted by Crippen LogP contribution is 2.25. The van der Waals surface area contributed by atoms with Crippen LogP contribution in [0.3, 0.4) is 0 Å². The molecule has 0 saturated carbocycles. The van der Waals surface area contributed by atoms with Crippen LogP contribution < -0.4 is 0 Å². The van der Waals surface area contributed by atoms with Crippen LogP contribution in [0.5, 0.6) is 0 Å². The summed E-state index contributed by atoms with van der Waals surface area (Å²) < 4.78 is 11.4. The zero-order chi connectivity index (χ0) is 16.0. The zero-order valence-electron chi connectivity index (χ0n) is 14.5. The van der Waals surface area contributed by atoms with E-state index in [1.54, 1.807) is 6.08 Å². The fourth-order valence-electron chi connectivity index (χ4n) is 2.40. The quantitative estimate of drug-likeness (QED) is 0.206. The summed E-state index contributed by atoms with van der Waals surface area (Å²) in [5.41, 5.74) is 0. The summed E-state index contributed by atoms with van der Waals surface area (Å²) in [7, 11) is -1.49. The van der Waals surface area contributed by atoms with Gasteiger partial charge >= 0.3 is 5.97 Å². The first-order valence-corrected chi connectivity index (χ1v) is 11.1. The van der Waals surface area contributed by atoms with E-state index in [4.69, 9.17) is 9.16 Å². The van der Waals surface area contributed by atoms with Gasteiger partial charge in [-0.2, -0.15) is 0 Å². The molecule has 0 rings (SSSR count). The van der Waals surface area contributed by atoms with Gasteiger partial charge in [0.2, 0.25) is 0 Å². The molecule has 0 aromatic carbocycles. The minimum absolute atomic E-state index is 0.230. The highest BCUT2D eigenvalue weighted by Gasteiger charge is 2.29. The number of carbonyl (C=O) groups is 1. The third-order valence-electron chi connectivity index (χ3n) is 4.02. The largest absolute Gasteiger partial charge is 0.463 e. The molecule has 0 fully saturated rings. The number of hydrogen-bond acceptors (Lipinski definition) is 3. The van der Waals surface area contributed by atoms with Crippen LogP contribution in [0, 0.1) is 0 Å². The number of carbonyl (C=O) groups excluding carboxylic acids is 1. The van der Waals surface area contributed by atoms with Crippen LogP contribution in [0.2, 0.25) is 18.1 Å². The van der Waals surface area contributed by atoms with Crippen molar-refractivity contribution in [2.75, 3.05) is 13.2 Å². The molecule has 0 radical (unpaired) electrons. The van der Waals surface area contributed by atoms with Crippen LogP contribution in [0.1, 0.15) is 59.8 Å². The molecule has 3 nitrogen and oxygen atoms in total. The molecular formula is C17H34O3Si. The summed E-state index contributed by atoms with van der Waals surface area (Å²) in [5, 5.41) is 0. The lowest BCUT2D eigenvalue weighted by molar-refractivity contribution is -0.137. The van der Waals surface area contributed by atoms with E-state index in [1.807, 2.05) is 6.92 Å². The van der Waals surface area contributed by atoms with Gasteiger partial charge in [-0.3, -0.25) is 0 Å². The summed E-state index contributed by atoms with van der Waals surface area (Å²) in [6.07, 6.45) is 8.82. The molecule has 0 aliphatic heterocycles. The van der Waals surface area contributed by atoms with Crippen molar-refractivity contribution in [3.63, 3.8) is 0 Å². The fourth-order valence-corrected chi connectivity index (χ4v) is 5.63. The van der Waals surface area contributed by atoms with E-state index in [0.717, 1.165) is 19.4 Å². The molecule has 0 bridgehead atoms. The molecule has 0 heterocycles. The van der Waals surface area contributed by atoms with Gasteiger partial charge in [-0.15, -0.1) is 0 Å². The van der Waals surface area contributed by atoms with Gasteiger partial charge in [0.25, 0.3) is 0 Å². The van der Waals surface area contributed by atoms with Crippen LogP contribution in [-0.4, -0.2) is 27.5 Å². The molecule has 0 aromatic rings. The monoisotopic (exact) mass is 314 g/mol. The van der Waals surface area contributed by atoms with Gasteiger partial charge in [-0.05, 0) is 37.9 Å². The lowest BCUT2D eigenvalue weighted by atomic mass is 10.3. The highest BCUT2D eigenvalue weighted by atomic mass is 28.4. The molecule has 21 heavy (non-hydrogen) atoms. The van der Waals surface area contributed by atoms with Crippen molar-refractivity contribution >= 4 is 14.3 Å². The molecule has 4 heteroatoms. The summed E-state index contributed by atoms with van der Waals surface area (Å²) in [6, 6.07) is 3.67. The standard InChI is InChI=1S/C17H34O3Si/c1-5-9-15-20-21(7-3,8-4)16-12-10-11-14-19-17(18)13-6-2/h6,13H,5,7-12,14-16H2,1-4H3. The second-order valence-corrected chi connectivity index (χ2v) is 10.1. The van der Waals surface area contributed by atoms with Crippen molar-refractivity contribution in [3.05, 3.63) is 12.2 Å². The Morgan fingerprint density at radius 3 is 2.29 bits per heavy atom. The van der Waals surface area contributed by atoms with E-state index in [-0.39, 0.29) is 5.97 Å². The van der Waals surface area contributed by atoms with E-state index in [9.17, 15) is 4.79 Å². The van der Waals surface area contributed by atoms with Crippen LogP contribution in [0.4, 0.5) is 0 Å². The van der Waals surface area contributed by atoms with E-state index in [2.05, 4.69) is 20.8 Å². The average Bonchev–Trinajstić information content (AvgIpc) is 2.49. The molecule has 0 aromatic heterocycles. The first kappa shape index (κ1) is 20.4. The second kappa shape index (κ2) is 13.1. The van der Waals surface area contributed by atoms with Crippen LogP contribution in [0.25, 0.3) is 0 Å². The Bertz CT molecular complexity index is 286. The van der Waals surface area contributed by atoms with Crippen LogP contribution in [0.15, 0.2) is 12.2 Å². The van der Waals surface area contributed by atoms with Gasteiger partial charge < -0.3 is 9.16 Å². The first-order valence-electron chi connectivity index (χ1n) is 8.57. The molecule has 0 atom stereocenters. The Kier molecular flexibility index (Phi) is 12.7. The molecule has 0 amide bonds. The Balaban J connectivity index is 3.85. The van der Waals surface area contributed by atoms with Gasteiger partial charge in [0, 0.05) is 12.7 Å². The lowest BCUT2D eigenvalue weighted by Crippen LogP contribution is -2.36. The van der Waals surface area contributed by atoms with Crippen molar-refractivity contribution in [1.29, 1.82) is 0 Å². The summed E-state index contributed by atoms with van der Waals surface area (Å²) in [5.74, 6) is -0.230. The van der Waals surface area contributed by atoms with Crippen molar-refractivity contribution in [2.45, 2.75) is 77.9 Å². The zero-order valence-corrected chi connectivity index (χ0v) is 15.5. The molecule has 0 aliphatic carbocycles. The molecule has 0 aliphatic rings. The third kappa shape index (κ3) is 9.85. The Labute approximate surface area is 132 Å². The Morgan fingerprint density at radius 2 is 1.71 bits per heavy atom. The van der Waals surface area contributed by atoms with Crippen LogP contribution >= 0.6 is 0 Å². The Morgan fingerprint density at radius 1 is 1.00 bits per heavy atom. The van der Waals surface area contributed by atoms with Gasteiger partial charge in [-0.1, -0.05) is 46.1 Å². The van der Waals surface area contributed by atoms with Crippen molar-refractivity contribution in [1.82, 2.24) is 0 Å². The maximum absolute atomic E-state index is 11.2. The van der Waals surface area contributed by atoms with Gasteiger partial charge in [0.05, 0.1) is 6.61 Å². The topological polar surface area (TPSA) is 35.5 Å². The SMILES string of the molecule is CC=CC(=O)OCCCCC[Si](CC)(CC)OCCCC. The molecule has 124 valence electrons. The summed E-state index contributed by atoms with van der Waals surface area (Å²) in [4.78, 5) is 11.2. The lowest BCUT2D eigenvalue weighted by Gasteiger charge is -2.29. The maximum atomic E-state index is 11.2. The van der Waals surface area contributed by atoms with Crippen molar-refractivity contribution < 1.29 is 14.0 Å². The Hall–Kier alpha value is -0.613. The third-order valence-corrected chi connectivity index (χ3v) is 8.68. The summed E-state index contributed by atoms with van der Waals surface area (Å²) >= 11 is 0. The molecule has 0 spiro atoms. The smallest absolute Gasteiger partial charge is 0.330 e. The molecule has 0 N–H and O–H groups in total. The predicted molar refractivity (Wildman–Crippen MR) is 92.0 cm³/mol. The van der Waals surface area contributed by atoms with Crippen molar-refractivity contribution in [2.24, 2.45) is 0 Å². The van der Waals surface area contributed by atoms with E-state index in [1.165, 1.54) is 43.5 Å². The number of unbranched alkanes of at least 4 members (excludes halogenated alkanes) is 3. The second-order valence-electron chi connectivity index (χ2n) is 5.57. The highest BCUT2D eigenvalue weighted by molar-refractivity contribution is 6.73. The normalized spacial score (nSPS) is 12.0. The maximum Gasteiger partial charge on any atom is 0.330 e. The number of ether oxygens (including phenoxy) is 1. The number of esters is 1. The minimum Gasteiger partial charge on any atom is -0.463 e.